The van der Waals surface area contributed by atoms with Crippen molar-refractivity contribution in [1.82, 2.24) is 29.9 Å². The zero-order valence-electron chi connectivity index (χ0n) is 24.5. The summed E-state index contributed by atoms with van der Waals surface area (Å²) in [5.41, 5.74) is 8.06. The van der Waals surface area contributed by atoms with Gasteiger partial charge in [-0.3, -0.25) is 4.98 Å². The van der Waals surface area contributed by atoms with Crippen LogP contribution < -0.4 is 0 Å². The van der Waals surface area contributed by atoms with Crippen molar-refractivity contribution in [2.75, 3.05) is 0 Å². The van der Waals surface area contributed by atoms with Crippen LogP contribution in [0.2, 0.25) is 0 Å². The summed E-state index contributed by atoms with van der Waals surface area (Å²) in [4.78, 5) is 29.7. The first kappa shape index (κ1) is 26.0. The van der Waals surface area contributed by atoms with Crippen molar-refractivity contribution >= 4 is 43.6 Å². The van der Waals surface area contributed by atoms with Crippen molar-refractivity contribution in [2.45, 2.75) is 0 Å². The highest BCUT2D eigenvalue weighted by Gasteiger charge is 2.16. The Morgan fingerprint density at radius 1 is 0.348 bits per heavy atom. The number of benzene rings is 5. The van der Waals surface area contributed by atoms with Gasteiger partial charge in [-0.1, -0.05) is 121 Å². The largest absolute Gasteiger partial charge is 0.254 e. The fourth-order valence-corrected chi connectivity index (χ4v) is 6.05. The Hall–Kier alpha value is -6.40. The van der Waals surface area contributed by atoms with Crippen LogP contribution in [0.1, 0.15) is 0 Å². The molecule has 9 aromatic rings. The molecule has 0 radical (unpaired) electrons. The summed E-state index contributed by atoms with van der Waals surface area (Å²) in [6.45, 7) is 0. The number of fused-ring (bicyclic) bond motifs is 6. The molecule has 0 atom stereocenters. The van der Waals surface area contributed by atoms with E-state index in [1.807, 2.05) is 85.1 Å². The molecule has 0 aliphatic rings. The van der Waals surface area contributed by atoms with Crippen LogP contribution in [0.4, 0.5) is 0 Å². The standard InChI is InChI=1S/C40H24N6/c1-3-10-27(11-4-1)38-44-39(28-12-5-2-6-13-28)46-40(45-38)29-20-17-26(18-21-29)35-37-32(31-15-7-8-16-33(31)42-35)24-30-22-19-25-14-9-23-41-34(25)36(30)43-37/h1-24H. The minimum Gasteiger partial charge on any atom is -0.254 e. The fourth-order valence-electron chi connectivity index (χ4n) is 6.05. The van der Waals surface area contributed by atoms with Crippen LogP contribution in [0.5, 0.6) is 0 Å². The molecule has 46 heavy (non-hydrogen) atoms. The van der Waals surface area contributed by atoms with E-state index in [2.05, 4.69) is 65.6 Å². The quantitative estimate of drug-likeness (QED) is 0.151. The number of hydrogen-bond donors (Lipinski definition) is 0. The predicted octanol–water partition coefficient (Wildman–Crippen LogP) is 9.34. The first-order valence-corrected chi connectivity index (χ1v) is 15.1. The lowest BCUT2D eigenvalue weighted by atomic mass is 10.0. The molecule has 9 rings (SSSR count). The minimum absolute atomic E-state index is 0.609. The molecule has 6 nitrogen and oxygen atoms in total. The van der Waals surface area contributed by atoms with E-state index in [4.69, 9.17) is 24.9 Å². The Kier molecular flexibility index (Phi) is 6.03. The zero-order chi connectivity index (χ0) is 30.5. The molecule has 5 aromatic carbocycles. The number of nitrogens with zero attached hydrogens (tertiary/aromatic N) is 6. The van der Waals surface area contributed by atoms with E-state index in [0.717, 1.165) is 71.6 Å². The molecule has 0 spiro atoms. The van der Waals surface area contributed by atoms with Crippen molar-refractivity contribution in [3.05, 3.63) is 146 Å². The Morgan fingerprint density at radius 3 is 1.63 bits per heavy atom. The lowest BCUT2D eigenvalue weighted by Crippen LogP contribution is -2.00. The van der Waals surface area contributed by atoms with Gasteiger partial charge in [-0.05, 0) is 18.2 Å². The van der Waals surface area contributed by atoms with Gasteiger partial charge in [-0.2, -0.15) is 0 Å². The van der Waals surface area contributed by atoms with Gasteiger partial charge in [0.1, 0.15) is 0 Å². The van der Waals surface area contributed by atoms with Crippen LogP contribution in [0.25, 0.3) is 89.0 Å². The third-order valence-corrected chi connectivity index (χ3v) is 8.32. The molecule has 0 bridgehead atoms. The monoisotopic (exact) mass is 588 g/mol. The summed E-state index contributed by atoms with van der Waals surface area (Å²) in [7, 11) is 0. The summed E-state index contributed by atoms with van der Waals surface area (Å²) < 4.78 is 0. The molecule has 0 N–H and O–H groups in total. The van der Waals surface area contributed by atoms with Gasteiger partial charge in [0.25, 0.3) is 0 Å². The number of aromatic nitrogens is 6. The van der Waals surface area contributed by atoms with Crippen LogP contribution in [0.3, 0.4) is 0 Å². The summed E-state index contributed by atoms with van der Waals surface area (Å²) >= 11 is 0. The molecule has 0 fully saturated rings. The number of rotatable bonds is 4. The van der Waals surface area contributed by atoms with Crippen molar-refractivity contribution in [1.29, 1.82) is 0 Å². The highest BCUT2D eigenvalue weighted by molar-refractivity contribution is 6.15. The highest BCUT2D eigenvalue weighted by Crippen LogP contribution is 2.35. The maximum Gasteiger partial charge on any atom is 0.164 e. The van der Waals surface area contributed by atoms with Crippen LogP contribution in [0.15, 0.2) is 146 Å². The Morgan fingerprint density at radius 2 is 0.935 bits per heavy atom. The van der Waals surface area contributed by atoms with E-state index in [0.29, 0.717) is 17.5 Å². The molecule has 0 saturated heterocycles. The van der Waals surface area contributed by atoms with E-state index in [-0.39, 0.29) is 0 Å². The van der Waals surface area contributed by atoms with Gasteiger partial charge < -0.3 is 0 Å². The molecular formula is C40H24N6. The van der Waals surface area contributed by atoms with Gasteiger partial charge in [-0.15, -0.1) is 0 Å². The van der Waals surface area contributed by atoms with E-state index in [9.17, 15) is 0 Å². The zero-order valence-corrected chi connectivity index (χ0v) is 24.5. The minimum atomic E-state index is 0.609. The van der Waals surface area contributed by atoms with E-state index in [1.54, 1.807) is 0 Å². The van der Waals surface area contributed by atoms with E-state index < -0.39 is 0 Å². The fraction of sp³-hybridized carbons (Fsp3) is 0. The number of hydrogen-bond acceptors (Lipinski definition) is 6. The van der Waals surface area contributed by atoms with Crippen molar-refractivity contribution in [2.24, 2.45) is 0 Å². The second-order valence-corrected chi connectivity index (χ2v) is 11.2. The van der Waals surface area contributed by atoms with Gasteiger partial charge in [0.2, 0.25) is 0 Å². The molecule has 4 heterocycles. The number of pyridine rings is 3. The number of para-hydroxylation sites is 1. The third kappa shape index (κ3) is 4.43. The van der Waals surface area contributed by atoms with E-state index >= 15 is 0 Å². The second kappa shape index (κ2) is 10.6. The Bertz CT molecular complexity index is 2510. The van der Waals surface area contributed by atoms with Crippen LogP contribution in [-0.2, 0) is 0 Å². The summed E-state index contributed by atoms with van der Waals surface area (Å²) in [5.74, 6) is 1.87. The summed E-state index contributed by atoms with van der Waals surface area (Å²) in [6.07, 6.45) is 1.82. The molecule has 214 valence electrons. The highest BCUT2D eigenvalue weighted by atomic mass is 15.0. The smallest absolute Gasteiger partial charge is 0.164 e. The maximum absolute atomic E-state index is 5.25. The van der Waals surface area contributed by atoms with Crippen LogP contribution in [-0.4, -0.2) is 29.9 Å². The molecule has 0 aliphatic heterocycles. The summed E-state index contributed by atoms with van der Waals surface area (Å²) in [5, 5.41) is 4.24. The first-order valence-electron chi connectivity index (χ1n) is 15.1. The van der Waals surface area contributed by atoms with E-state index in [1.165, 1.54) is 0 Å². The molecular weight excluding hydrogens is 564 g/mol. The SMILES string of the molecule is c1ccc(-c2nc(-c3ccccc3)nc(-c3ccc(-c4nc5ccccc5c5cc6ccc7cccnc7c6nc45)cc3)n2)cc1. The first-order chi connectivity index (χ1) is 22.8. The predicted molar refractivity (Wildman–Crippen MR) is 185 cm³/mol. The lowest BCUT2D eigenvalue weighted by Gasteiger charge is -2.12. The Balaban J connectivity index is 1.22. The lowest BCUT2D eigenvalue weighted by molar-refractivity contribution is 1.07. The molecule has 0 aliphatic carbocycles. The van der Waals surface area contributed by atoms with Crippen molar-refractivity contribution < 1.29 is 0 Å². The normalized spacial score (nSPS) is 11.5. The molecule has 4 aromatic heterocycles. The second-order valence-electron chi connectivity index (χ2n) is 11.2. The average molecular weight is 589 g/mol. The van der Waals surface area contributed by atoms with Crippen LogP contribution in [0, 0.1) is 0 Å². The van der Waals surface area contributed by atoms with Crippen LogP contribution >= 0.6 is 0 Å². The van der Waals surface area contributed by atoms with Gasteiger partial charge in [0.15, 0.2) is 17.5 Å². The van der Waals surface area contributed by atoms with Gasteiger partial charge in [0, 0.05) is 50.0 Å². The molecule has 0 unspecified atom stereocenters. The van der Waals surface area contributed by atoms with Crippen molar-refractivity contribution in [3.8, 4) is 45.4 Å². The van der Waals surface area contributed by atoms with Gasteiger partial charge in [0.05, 0.1) is 27.8 Å². The van der Waals surface area contributed by atoms with Crippen molar-refractivity contribution in [3.63, 3.8) is 0 Å². The molecule has 0 saturated carbocycles. The molecule has 6 heteroatoms. The van der Waals surface area contributed by atoms with Gasteiger partial charge >= 0.3 is 0 Å². The third-order valence-electron chi connectivity index (χ3n) is 8.32. The topological polar surface area (TPSA) is 77.3 Å². The van der Waals surface area contributed by atoms with Gasteiger partial charge in [-0.25, -0.2) is 24.9 Å². The molecule has 0 amide bonds. The Labute approximate surface area is 264 Å². The summed E-state index contributed by atoms with van der Waals surface area (Å²) in [6, 6.07) is 47.0. The maximum atomic E-state index is 5.25. The average Bonchev–Trinajstić information content (AvgIpc) is 3.14.